The van der Waals surface area contributed by atoms with Gasteiger partial charge in [-0.05, 0) is 55.4 Å². The van der Waals surface area contributed by atoms with Crippen molar-refractivity contribution < 1.29 is 32.7 Å². The Morgan fingerprint density at radius 2 is 1.92 bits per heavy atom. The average Bonchev–Trinajstić information content (AvgIpc) is 3.63. The minimum absolute atomic E-state index is 0.00653. The zero-order valence-electron chi connectivity index (χ0n) is 20.0. The summed E-state index contributed by atoms with van der Waals surface area (Å²) in [5.74, 6) is -2.52. The molecule has 2 fully saturated rings. The Balaban J connectivity index is 1.24. The molecule has 4 heterocycles. The monoisotopic (exact) mass is 528 g/mol. The van der Waals surface area contributed by atoms with Crippen molar-refractivity contribution in [2.75, 3.05) is 26.3 Å². The highest BCUT2D eigenvalue weighted by Gasteiger charge is 2.53. The van der Waals surface area contributed by atoms with Crippen LogP contribution in [0.3, 0.4) is 0 Å². The lowest BCUT2D eigenvalue weighted by Crippen LogP contribution is -2.55. The van der Waals surface area contributed by atoms with E-state index >= 15 is 0 Å². The van der Waals surface area contributed by atoms with E-state index < -0.39 is 28.5 Å². The maximum absolute atomic E-state index is 13.2. The first kappa shape index (κ1) is 25.2. The maximum atomic E-state index is 13.2. The summed E-state index contributed by atoms with van der Waals surface area (Å²) in [5, 5.41) is 7.26. The molecule has 1 aromatic carbocycles. The van der Waals surface area contributed by atoms with Gasteiger partial charge in [0.1, 0.15) is 22.5 Å². The van der Waals surface area contributed by atoms with Crippen LogP contribution in [-0.4, -0.2) is 72.3 Å². The Morgan fingerprint density at radius 3 is 2.57 bits per heavy atom. The molecular formula is C25H25FN4O6S. The predicted octanol–water partition coefficient (Wildman–Crippen LogP) is 2.28. The fourth-order valence-corrected chi connectivity index (χ4v) is 5.38. The minimum Gasteiger partial charge on any atom is -0.451 e. The molecule has 5 rings (SSSR count). The van der Waals surface area contributed by atoms with E-state index in [1.807, 2.05) is 6.92 Å². The Bertz CT molecular complexity index is 1270. The molecule has 2 saturated heterocycles. The molecule has 10 nitrogen and oxygen atoms in total. The van der Waals surface area contributed by atoms with Crippen LogP contribution in [0, 0.1) is 5.82 Å². The van der Waals surface area contributed by atoms with Crippen molar-refractivity contribution in [3.63, 3.8) is 0 Å². The number of amides is 3. The first-order valence-electron chi connectivity index (χ1n) is 11.6. The zero-order chi connectivity index (χ0) is 26.2. The number of likely N-dealkylation sites (tertiary alicyclic amines) is 1. The predicted molar refractivity (Wildman–Crippen MR) is 133 cm³/mol. The lowest BCUT2D eigenvalue weighted by Gasteiger charge is -2.37. The molecule has 2 aromatic rings. The van der Waals surface area contributed by atoms with E-state index in [-0.39, 0.29) is 37.0 Å². The van der Waals surface area contributed by atoms with Crippen LogP contribution in [0.15, 0.2) is 56.9 Å². The highest BCUT2D eigenvalue weighted by atomic mass is 32.2. The number of nitrogens with zero attached hydrogens (tertiary/aromatic N) is 2. The molecule has 0 bridgehead atoms. The van der Waals surface area contributed by atoms with E-state index in [2.05, 4.69) is 22.3 Å². The number of thioether (sulfide) groups is 1. The molecule has 3 amide bonds. The van der Waals surface area contributed by atoms with Crippen LogP contribution in [0.1, 0.15) is 23.9 Å². The molecule has 3 aliphatic heterocycles. The lowest BCUT2D eigenvalue weighted by molar-refractivity contribution is -0.152. The maximum Gasteiger partial charge on any atom is 0.287 e. The summed E-state index contributed by atoms with van der Waals surface area (Å²) >= 11 is 1.39. The van der Waals surface area contributed by atoms with E-state index in [4.69, 9.17) is 13.9 Å². The second kappa shape index (κ2) is 9.77. The first-order chi connectivity index (χ1) is 17.7. The van der Waals surface area contributed by atoms with Gasteiger partial charge in [0.2, 0.25) is 11.8 Å². The standard InChI is InChI=1S/C25H25FN4O6S/c1-24(20(27-2)13-37-24)29-22(32)17-11-25(34-9-10-35-25)14-30(17)21(31)12-28-23(33)19-8-7-18(36-19)15-3-5-16(26)6-4-15/h3-8,13,17H,2,9-12,14H2,1H3,(H,28,33)(H,29,32). The largest absolute Gasteiger partial charge is 0.451 e. The molecule has 1 spiro atoms. The summed E-state index contributed by atoms with van der Waals surface area (Å²) in [7, 11) is 0. The van der Waals surface area contributed by atoms with Gasteiger partial charge in [0.25, 0.3) is 5.91 Å². The van der Waals surface area contributed by atoms with E-state index in [0.717, 1.165) is 0 Å². The quantitative estimate of drug-likeness (QED) is 0.529. The molecule has 0 aliphatic carbocycles. The molecule has 1 aromatic heterocycles. The topological polar surface area (TPSA) is 122 Å². The van der Waals surface area contributed by atoms with Crippen molar-refractivity contribution in [2.24, 2.45) is 4.99 Å². The smallest absolute Gasteiger partial charge is 0.287 e. The van der Waals surface area contributed by atoms with Gasteiger partial charge in [-0.25, -0.2) is 4.39 Å². The minimum atomic E-state index is -1.06. The third-order valence-electron chi connectivity index (χ3n) is 6.51. The first-order valence-corrected chi connectivity index (χ1v) is 12.5. The summed E-state index contributed by atoms with van der Waals surface area (Å²) < 4.78 is 30.3. The van der Waals surface area contributed by atoms with E-state index in [0.29, 0.717) is 30.2 Å². The molecule has 194 valence electrons. The van der Waals surface area contributed by atoms with Gasteiger partial charge in [-0.15, -0.1) is 0 Å². The SMILES string of the molecule is C=NC1=CSC1(C)NC(=O)C1CC2(CN1C(=O)CNC(=O)c1ccc(-c3ccc(F)cc3)o1)OCCO2. The van der Waals surface area contributed by atoms with Gasteiger partial charge in [0.15, 0.2) is 11.5 Å². The van der Waals surface area contributed by atoms with Gasteiger partial charge < -0.3 is 29.4 Å². The van der Waals surface area contributed by atoms with E-state index in [1.165, 1.54) is 47.0 Å². The van der Waals surface area contributed by atoms with Crippen molar-refractivity contribution >= 4 is 36.2 Å². The summed E-state index contributed by atoms with van der Waals surface area (Å²) in [4.78, 5) is 43.6. The molecule has 0 saturated carbocycles. The summed E-state index contributed by atoms with van der Waals surface area (Å²) in [5.41, 5.74) is 1.24. The van der Waals surface area contributed by atoms with Crippen LogP contribution in [0.4, 0.5) is 4.39 Å². The van der Waals surface area contributed by atoms with Crippen LogP contribution < -0.4 is 10.6 Å². The van der Waals surface area contributed by atoms with Gasteiger partial charge in [0.05, 0.1) is 32.0 Å². The van der Waals surface area contributed by atoms with E-state index in [1.54, 1.807) is 11.5 Å². The number of aliphatic imine (C=N–C) groups is 1. The number of rotatable bonds is 7. The Labute approximate surface area is 216 Å². The number of benzene rings is 1. The lowest BCUT2D eigenvalue weighted by atomic mass is 10.1. The van der Waals surface area contributed by atoms with Gasteiger partial charge in [0, 0.05) is 12.0 Å². The number of nitrogens with one attached hydrogen (secondary N) is 2. The van der Waals surface area contributed by atoms with Crippen molar-refractivity contribution in [3.05, 3.63) is 59.1 Å². The second-order valence-electron chi connectivity index (χ2n) is 9.00. The van der Waals surface area contributed by atoms with Crippen LogP contribution in [0.25, 0.3) is 11.3 Å². The van der Waals surface area contributed by atoms with Crippen LogP contribution in [0.2, 0.25) is 0 Å². The second-order valence-corrected chi connectivity index (χ2v) is 10.3. The number of carbonyl (C=O) groups is 3. The number of halogens is 1. The van der Waals surface area contributed by atoms with Gasteiger partial charge in [-0.3, -0.25) is 19.4 Å². The Morgan fingerprint density at radius 1 is 1.19 bits per heavy atom. The normalized spacial score (nSPS) is 23.9. The van der Waals surface area contributed by atoms with Crippen LogP contribution in [-0.2, 0) is 19.1 Å². The van der Waals surface area contributed by atoms with Gasteiger partial charge in [-0.2, -0.15) is 0 Å². The van der Waals surface area contributed by atoms with Crippen molar-refractivity contribution in [1.29, 1.82) is 0 Å². The number of hydrogen-bond acceptors (Lipinski definition) is 8. The molecule has 2 atom stereocenters. The Hall–Kier alpha value is -3.48. The Kier molecular flexibility index (Phi) is 6.65. The average molecular weight is 529 g/mol. The molecule has 3 aliphatic rings. The number of carbonyl (C=O) groups excluding carboxylic acids is 3. The van der Waals surface area contributed by atoms with Crippen molar-refractivity contribution in [3.8, 4) is 11.3 Å². The fraction of sp³-hybridized carbons (Fsp3) is 0.360. The van der Waals surface area contributed by atoms with Gasteiger partial charge >= 0.3 is 0 Å². The molecule has 2 unspecified atom stereocenters. The highest BCUT2D eigenvalue weighted by molar-refractivity contribution is 8.05. The van der Waals surface area contributed by atoms with Crippen LogP contribution in [0.5, 0.6) is 0 Å². The number of hydrogen-bond donors (Lipinski definition) is 2. The number of furan rings is 1. The number of ether oxygens (including phenoxy) is 2. The van der Waals surface area contributed by atoms with Crippen molar-refractivity contribution in [1.82, 2.24) is 15.5 Å². The van der Waals surface area contributed by atoms with Crippen LogP contribution >= 0.6 is 11.8 Å². The van der Waals surface area contributed by atoms with E-state index in [9.17, 15) is 18.8 Å². The molecule has 0 radical (unpaired) electrons. The molecule has 12 heteroatoms. The summed E-state index contributed by atoms with van der Waals surface area (Å²) in [6.07, 6.45) is 0.166. The molecule has 2 N–H and O–H groups in total. The third kappa shape index (κ3) is 4.91. The fourth-order valence-electron chi connectivity index (χ4n) is 4.50. The third-order valence-corrected chi connectivity index (χ3v) is 7.64. The summed E-state index contributed by atoms with van der Waals surface area (Å²) in [6, 6.07) is 7.84. The van der Waals surface area contributed by atoms with Crippen molar-refractivity contribution in [2.45, 2.75) is 30.0 Å². The van der Waals surface area contributed by atoms with Gasteiger partial charge in [-0.1, -0.05) is 11.8 Å². The molecular weight excluding hydrogens is 503 g/mol. The summed E-state index contributed by atoms with van der Waals surface area (Å²) in [6.45, 7) is 5.75. The highest BCUT2D eigenvalue weighted by Crippen LogP contribution is 2.43. The zero-order valence-corrected chi connectivity index (χ0v) is 20.8. The molecule has 37 heavy (non-hydrogen) atoms.